The molecule has 0 aromatic rings. The lowest BCUT2D eigenvalue weighted by Gasteiger charge is -2.28. The first-order valence-electron chi connectivity index (χ1n) is 4.87. The minimum atomic E-state index is 0.122. The Kier molecular flexibility index (Phi) is 3.70. The van der Waals surface area contributed by atoms with Gasteiger partial charge in [-0.25, -0.2) is 0 Å². The number of hydrogen-bond acceptors (Lipinski definition) is 2. The van der Waals surface area contributed by atoms with Gasteiger partial charge >= 0.3 is 0 Å². The Labute approximate surface area is 80.3 Å². The molecule has 1 aliphatic rings. The molecule has 1 fully saturated rings. The summed E-state index contributed by atoms with van der Waals surface area (Å²) in [4.78, 5) is 0. The Balaban J connectivity index is 2.58. The molecule has 74 valence electrons. The van der Waals surface area contributed by atoms with Gasteiger partial charge in [-0.15, -0.1) is 13.2 Å². The third kappa shape index (κ3) is 2.42. The Hall–Kier alpha value is -0.600. The maximum Gasteiger partial charge on any atom is 0.0584 e. The van der Waals surface area contributed by atoms with Crippen LogP contribution in [0.4, 0.5) is 0 Å². The van der Waals surface area contributed by atoms with E-state index in [1.165, 1.54) is 0 Å². The summed E-state index contributed by atoms with van der Waals surface area (Å²) >= 11 is 0. The molecule has 0 aromatic heterocycles. The third-order valence-corrected chi connectivity index (χ3v) is 2.77. The van der Waals surface area contributed by atoms with Crippen molar-refractivity contribution in [3.63, 3.8) is 0 Å². The Morgan fingerprint density at radius 3 is 2.38 bits per heavy atom. The normalized spacial score (nSPS) is 25.8. The first kappa shape index (κ1) is 10.5. The van der Waals surface area contributed by atoms with Gasteiger partial charge in [0.15, 0.2) is 0 Å². The molecular formula is C11H19NO. The number of nitrogens with one attached hydrogen (secondary N) is 1. The van der Waals surface area contributed by atoms with Gasteiger partial charge in [0.25, 0.3) is 0 Å². The summed E-state index contributed by atoms with van der Waals surface area (Å²) in [6.45, 7) is 7.76. The SMILES string of the molecule is C=CCC1(CC=C)CC[C@@H](CO)N1. The van der Waals surface area contributed by atoms with Gasteiger partial charge in [0.1, 0.15) is 0 Å². The summed E-state index contributed by atoms with van der Waals surface area (Å²) in [7, 11) is 0. The van der Waals surface area contributed by atoms with Crippen molar-refractivity contribution < 1.29 is 5.11 Å². The molecule has 1 saturated heterocycles. The second-order valence-corrected chi connectivity index (χ2v) is 3.83. The number of rotatable bonds is 5. The van der Waals surface area contributed by atoms with Crippen molar-refractivity contribution in [2.45, 2.75) is 37.3 Å². The Bertz CT molecular complexity index is 179. The Morgan fingerprint density at radius 1 is 1.38 bits per heavy atom. The molecule has 1 heterocycles. The van der Waals surface area contributed by atoms with Crippen LogP contribution in [0.1, 0.15) is 25.7 Å². The molecule has 2 nitrogen and oxygen atoms in total. The van der Waals surface area contributed by atoms with E-state index < -0.39 is 0 Å². The second kappa shape index (κ2) is 4.58. The van der Waals surface area contributed by atoms with E-state index in [2.05, 4.69) is 18.5 Å². The van der Waals surface area contributed by atoms with Crippen LogP contribution in [-0.4, -0.2) is 23.3 Å². The predicted octanol–water partition coefficient (Wildman–Crippen LogP) is 1.62. The highest BCUT2D eigenvalue weighted by molar-refractivity contribution is 5.04. The van der Waals surface area contributed by atoms with E-state index in [1.807, 2.05) is 12.2 Å². The smallest absolute Gasteiger partial charge is 0.0584 e. The predicted molar refractivity (Wildman–Crippen MR) is 55.6 cm³/mol. The summed E-state index contributed by atoms with van der Waals surface area (Å²) in [5.41, 5.74) is 0.122. The van der Waals surface area contributed by atoms with Crippen LogP contribution in [0.15, 0.2) is 25.3 Å². The molecule has 0 spiro atoms. The summed E-state index contributed by atoms with van der Waals surface area (Å²) in [5, 5.41) is 12.5. The fraction of sp³-hybridized carbons (Fsp3) is 0.636. The van der Waals surface area contributed by atoms with Crippen molar-refractivity contribution in [2.24, 2.45) is 0 Å². The van der Waals surface area contributed by atoms with Gasteiger partial charge in [-0.3, -0.25) is 0 Å². The van der Waals surface area contributed by atoms with Crippen LogP contribution < -0.4 is 5.32 Å². The van der Waals surface area contributed by atoms with Crippen molar-refractivity contribution in [1.29, 1.82) is 0 Å². The minimum Gasteiger partial charge on any atom is -0.395 e. The topological polar surface area (TPSA) is 32.3 Å². The van der Waals surface area contributed by atoms with Crippen molar-refractivity contribution in [2.75, 3.05) is 6.61 Å². The lowest BCUT2D eigenvalue weighted by atomic mass is 9.90. The zero-order valence-corrected chi connectivity index (χ0v) is 8.13. The highest BCUT2D eigenvalue weighted by Gasteiger charge is 2.35. The van der Waals surface area contributed by atoms with Crippen LogP contribution in [0.3, 0.4) is 0 Å². The monoisotopic (exact) mass is 181 g/mol. The van der Waals surface area contributed by atoms with Crippen molar-refractivity contribution in [3.05, 3.63) is 25.3 Å². The van der Waals surface area contributed by atoms with Crippen molar-refractivity contribution in [3.8, 4) is 0 Å². The molecule has 2 heteroatoms. The lowest BCUT2D eigenvalue weighted by Crippen LogP contribution is -2.43. The lowest BCUT2D eigenvalue weighted by molar-refractivity contribution is 0.239. The fourth-order valence-corrected chi connectivity index (χ4v) is 2.12. The molecule has 0 saturated carbocycles. The minimum absolute atomic E-state index is 0.122. The zero-order chi connectivity index (χ0) is 9.73. The molecule has 0 radical (unpaired) electrons. The first-order chi connectivity index (χ1) is 6.26. The largest absolute Gasteiger partial charge is 0.395 e. The fourth-order valence-electron chi connectivity index (χ4n) is 2.12. The van der Waals surface area contributed by atoms with Gasteiger partial charge < -0.3 is 10.4 Å². The van der Waals surface area contributed by atoms with Crippen LogP contribution in [0.25, 0.3) is 0 Å². The van der Waals surface area contributed by atoms with Gasteiger partial charge in [0, 0.05) is 11.6 Å². The van der Waals surface area contributed by atoms with Crippen molar-refractivity contribution in [1.82, 2.24) is 5.32 Å². The number of hydrogen-bond donors (Lipinski definition) is 2. The highest BCUT2D eigenvalue weighted by Crippen LogP contribution is 2.30. The van der Waals surface area contributed by atoms with Crippen LogP contribution in [0.5, 0.6) is 0 Å². The van der Waals surface area contributed by atoms with E-state index >= 15 is 0 Å². The maximum atomic E-state index is 9.02. The Morgan fingerprint density at radius 2 is 2.00 bits per heavy atom. The van der Waals surface area contributed by atoms with E-state index in [9.17, 15) is 0 Å². The van der Waals surface area contributed by atoms with Gasteiger partial charge in [-0.1, -0.05) is 12.2 Å². The van der Waals surface area contributed by atoms with E-state index in [-0.39, 0.29) is 18.2 Å². The summed E-state index contributed by atoms with van der Waals surface area (Å²) in [5.74, 6) is 0. The molecule has 0 aromatic carbocycles. The van der Waals surface area contributed by atoms with Gasteiger partial charge in [-0.2, -0.15) is 0 Å². The molecule has 0 unspecified atom stereocenters. The van der Waals surface area contributed by atoms with Crippen LogP contribution in [-0.2, 0) is 0 Å². The molecule has 0 bridgehead atoms. The molecule has 0 amide bonds. The van der Waals surface area contributed by atoms with E-state index in [1.54, 1.807) is 0 Å². The first-order valence-corrected chi connectivity index (χ1v) is 4.87. The standard InChI is InChI=1S/C11H19NO/c1-3-6-11(7-4-2)8-5-10(9-13)12-11/h3-4,10,12-13H,1-2,5-9H2/t10-/m0/s1. The van der Waals surface area contributed by atoms with Crippen LogP contribution in [0, 0.1) is 0 Å². The summed E-state index contributed by atoms with van der Waals surface area (Å²) in [6, 6.07) is 0.264. The molecule has 1 rings (SSSR count). The quantitative estimate of drug-likeness (QED) is 0.632. The molecule has 1 aliphatic heterocycles. The summed E-state index contributed by atoms with van der Waals surface area (Å²) < 4.78 is 0. The maximum absolute atomic E-state index is 9.02. The van der Waals surface area contributed by atoms with Gasteiger partial charge in [-0.05, 0) is 25.7 Å². The number of aliphatic hydroxyl groups is 1. The second-order valence-electron chi connectivity index (χ2n) is 3.83. The molecule has 13 heavy (non-hydrogen) atoms. The zero-order valence-electron chi connectivity index (χ0n) is 8.13. The van der Waals surface area contributed by atoms with Crippen molar-refractivity contribution >= 4 is 0 Å². The highest BCUT2D eigenvalue weighted by atomic mass is 16.3. The van der Waals surface area contributed by atoms with E-state index in [0.29, 0.717) is 0 Å². The summed E-state index contributed by atoms with van der Waals surface area (Å²) in [6.07, 6.45) is 7.95. The van der Waals surface area contributed by atoms with Gasteiger partial charge in [0.2, 0.25) is 0 Å². The number of aliphatic hydroxyl groups excluding tert-OH is 1. The molecular weight excluding hydrogens is 162 g/mol. The van der Waals surface area contributed by atoms with Crippen LogP contribution >= 0.6 is 0 Å². The van der Waals surface area contributed by atoms with E-state index in [0.717, 1.165) is 25.7 Å². The molecule has 2 N–H and O–H groups in total. The molecule has 1 atom stereocenters. The average Bonchev–Trinajstić information content (AvgIpc) is 2.50. The van der Waals surface area contributed by atoms with E-state index in [4.69, 9.17) is 5.11 Å². The van der Waals surface area contributed by atoms with Crippen LogP contribution in [0.2, 0.25) is 0 Å². The average molecular weight is 181 g/mol. The van der Waals surface area contributed by atoms with Gasteiger partial charge in [0.05, 0.1) is 6.61 Å². The molecule has 0 aliphatic carbocycles. The third-order valence-electron chi connectivity index (χ3n) is 2.77.